The predicted molar refractivity (Wildman–Crippen MR) is 81.6 cm³/mol. The minimum atomic E-state index is 0.435. The van der Waals surface area contributed by atoms with E-state index < -0.39 is 0 Å². The van der Waals surface area contributed by atoms with Crippen LogP contribution in [0.2, 0.25) is 0 Å². The zero-order valence-corrected chi connectivity index (χ0v) is 12.0. The Hall–Kier alpha value is -2.18. The highest BCUT2D eigenvalue weighted by Crippen LogP contribution is 2.27. The number of nitrogen functional groups attached to an aromatic ring is 1. The number of benzene rings is 2. The lowest BCUT2D eigenvalue weighted by atomic mass is 10.1. The third-order valence-corrected chi connectivity index (χ3v) is 3.28. The van der Waals surface area contributed by atoms with Gasteiger partial charge in [-0.05, 0) is 35.0 Å². The van der Waals surface area contributed by atoms with Crippen LogP contribution in [0.15, 0.2) is 53.3 Å². The molecule has 0 atom stereocenters. The molecule has 2 aromatic carbocycles. The van der Waals surface area contributed by atoms with Crippen molar-refractivity contribution in [2.24, 2.45) is 5.84 Å². The van der Waals surface area contributed by atoms with Gasteiger partial charge in [0.15, 0.2) is 0 Å². The number of nitrogens with zero attached hydrogens (tertiary/aromatic N) is 2. The maximum atomic E-state index is 5.70. The average molecular weight is 331 g/mol. The maximum Gasteiger partial charge on any atom is 0.224 e. The molecule has 0 aliphatic rings. The van der Waals surface area contributed by atoms with Gasteiger partial charge in [-0.2, -0.15) is 0 Å². The van der Waals surface area contributed by atoms with Crippen LogP contribution in [0, 0.1) is 0 Å². The number of hydrogen-bond acceptors (Lipinski definition) is 5. The molecule has 3 N–H and O–H groups in total. The number of halogens is 1. The minimum Gasteiger partial charge on any atom is -0.439 e. The third kappa shape index (κ3) is 2.71. The summed E-state index contributed by atoms with van der Waals surface area (Å²) < 4.78 is 6.75. The average Bonchev–Trinajstić information content (AvgIpc) is 2.47. The van der Waals surface area contributed by atoms with E-state index in [9.17, 15) is 0 Å². The van der Waals surface area contributed by atoms with Crippen molar-refractivity contribution in [1.82, 2.24) is 9.97 Å². The maximum absolute atomic E-state index is 5.70. The zero-order chi connectivity index (χ0) is 13.9. The van der Waals surface area contributed by atoms with Gasteiger partial charge in [0.1, 0.15) is 17.9 Å². The summed E-state index contributed by atoms with van der Waals surface area (Å²) in [4.78, 5) is 7.97. The van der Waals surface area contributed by atoms with E-state index in [1.54, 1.807) is 6.07 Å². The molecule has 0 radical (unpaired) electrons. The molecule has 0 saturated carbocycles. The van der Waals surface area contributed by atoms with E-state index in [0.29, 0.717) is 17.4 Å². The third-order valence-electron chi connectivity index (χ3n) is 2.79. The van der Waals surface area contributed by atoms with Gasteiger partial charge in [-0.1, -0.05) is 28.1 Å². The molecule has 5 nitrogen and oxygen atoms in total. The minimum absolute atomic E-state index is 0.435. The lowest BCUT2D eigenvalue weighted by Crippen LogP contribution is -2.08. The summed E-state index contributed by atoms with van der Waals surface area (Å²) in [5, 5.41) is 2.23. The van der Waals surface area contributed by atoms with Crippen LogP contribution in [0.3, 0.4) is 0 Å². The number of fused-ring (bicyclic) bond motifs is 1. The molecule has 3 aromatic rings. The van der Waals surface area contributed by atoms with Crippen molar-refractivity contribution in [3.8, 4) is 11.6 Å². The topological polar surface area (TPSA) is 73.1 Å². The fourth-order valence-corrected chi connectivity index (χ4v) is 2.23. The Balaban J connectivity index is 1.92. The fourth-order valence-electron chi connectivity index (χ4n) is 1.85. The lowest BCUT2D eigenvalue weighted by molar-refractivity contribution is 0.462. The van der Waals surface area contributed by atoms with Crippen LogP contribution in [0.5, 0.6) is 11.6 Å². The van der Waals surface area contributed by atoms with E-state index in [1.807, 2.05) is 30.3 Å². The van der Waals surface area contributed by atoms with Crippen molar-refractivity contribution in [1.29, 1.82) is 0 Å². The highest BCUT2D eigenvalue weighted by atomic mass is 79.9. The second kappa shape index (κ2) is 5.44. The van der Waals surface area contributed by atoms with E-state index in [0.717, 1.165) is 15.2 Å². The number of nitrogens with one attached hydrogen (secondary N) is 1. The molecule has 0 amide bonds. The van der Waals surface area contributed by atoms with E-state index in [-0.39, 0.29) is 0 Å². The van der Waals surface area contributed by atoms with Gasteiger partial charge < -0.3 is 10.2 Å². The summed E-state index contributed by atoms with van der Waals surface area (Å²) in [6, 6.07) is 13.6. The number of hydrazine groups is 1. The highest BCUT2D eigenvalue weighted by molar-refractivity contribution is 9.10. The Morgan fingerprint density at radius 3 is 2.65 bits per heavy atom. The van der Waals surface area contributed by atoms with Crippen LogP contribution in [-0.4, -0.2) is 9.97 Å². The second-order valence-corrected chi connectivity index (χ2v) is 5.06. The molecule has 0 saturated heterocycles. The van der Waals surface area contributed by atoms with Crippen LogP contribution in [0.4, 0.5) is 5.82 Å². The number of anilines is 1. The molecular weight excluding hydrogens is 320 g/mol. The van der Waals surface area contributed by atoms with Crippen molar-refractivity contribution in [2.75, 3.05) is 5.43 Å². The van der Waals surface area contributed by atoms with Gasteiger partial charge in [0.2, 0.25) is 5.88 Å². The molecular formula is C14H11BrN4O. The van der Waals surface area contributed by atoms with E-state index in [2.05, 4.69) is 37.4 Å². The quantitative estimate of drug-likeness (QED) is 0.568. The zero-order valence-electron chi connectivity index (χ0n) is 10.4. The SMILES string of the molecule is NNc1cc(Oc2ccc3cc(Br)ccc3c2)ncn1. The first-order valence-electron chi connectivity index (χ1n) is 5.90. The summed E-state index contributed by atoms with van der Waals surface area (Å²) in [5.41, 5.74) is 2.45. The number of aromatic nitrogens is 2. The standard InChI is InChI=1S/C14H11BrN4O/c15-11-3-1-10-6-12(4-2-9(10)5-11)20-14-7-13(19-16)17-8-18-14/h1-8H,16H2,(H,17,18,19). The predicted octanol–water partition coefficient (Wildman–Crippen LogP) is 3.47. The van der Waals surface area contributed by atoms with Crippen LogP contribution in [-0.2, 0) is 0 Å². The van der Waals surface area contributed by atoms with Crippen molar-refractivity contribution < 1.29 is 4.74 Å². The normalized spacial score (nSPS) is 10.5. The number of nitrogens with two attached hydrogens (primary N) is 1. The van der Waals surface area contributed by atoms with Gasteiger partial charge in [0, 0.05) is 10.5 Å². The molecule has 6 heteroatoms. The molecule has 0 aliphatic carbocycles. The van der Waals surface area contributed by atoms with Crippen molar-refractivity contribution in [3.63, 3.8) is 0 Å². The van der Waals surface area contributed by atoms with E-state index in [1.165, 1.54) is 6.33 Å². The smallest absolute Gasteiger partial charge is 0.224 e. The molecule has 1 aromatic heterocycles. The Morgan fingerprint density at radius 2 is 1.80 bits per heavy atom. The van der Waals surface area contributed by atoms with Crippen LogP contribution in [0.1, 0.15) is 0 Å². The highest BCUT2D eigenvalue weighted by Gasteiger charge is 2.02. The van der Waals surface area contributed by atoms with E-state index in [4.69, 9.17) is 10.6 Å². The molecule has 0 aliphatic heterocycles. The van der Waals surface area contributed by atoms with Crippen molar-refractivity contribution in [3.05, 3.63) is 53.3 Å². The monoisotopic (exact) mass is 330 g/mol. The largest absolute Gasteiger partial charge is 0.439 e. The molecule has 0 fully saturated rings. The summed E-state index contributed by atoms with van der Waals surface area (Å²) in [6.45, 7) is 0. The molecule has 20 heavy (non-hydrogen) atoms. The first-order chi connectivity index (χ1) is 9.74. The number of ether oxygens (including phenoxy) is 1. The summed E-state index contributed by atoms with van der Waals surface area (Å²) in [5.74, 6) is 6.94. The van der Waals surface area contributed by atoms with Gasteiger partial charge >= 0.3 is 0 Å². The van der Waals surface area contributed by atoms with Crippen molar-refractivity contribution in [2.45, 2.75) is 0 Å². The van der Waals surface area contributed by atoms with Crippen LogP contribution < -0.4 is 16.0 Å². The van der Waals surface area contributed by atoms with E-state index >= 15 is 0 Å². The van der Waals surface area contributed by atoms with Crippen molar-refractivity contribution >= 4 is 32.5 Å². The van der Waals surface area contributed by atoms with Gasteiger partial charge in [0.05, 0.1) is 0 Å². The molecule has 100 valence electrons. The molecule has 1 heterocycles. The molecule has 3 rings (SSSR count). The summed E-state index contributed by atoms with van der Waals surface area (Å²) >= 11 is 3.45. The van der Waals surface area contributed by atoms with Gasteiger partial charge in [-0.3, -0.25) is 0 Å². The number of rotatable bonds is 3. The first kappa shape index (κ1) is 12.8. The van der Waals surface area contributed by atoms with Gasteiger partial charge in [-0.15, -0.1) is 0 Å². The molecule has 0 bridgehead atoms. The summed E-state index contributed by atoms with van der Waals surface area (Å²) in [6.07, 6.45) is 1.39. The molecule has 0 unspecified atom stereocenters. The fraction of sp³-hybridized carbons (Fsp3) is 0. The Labute approximate surface area is 123 Å². The Kier molecular flexibility index (Phi) is 3.49. The van der Waals surface area contributed by atoms with Crippen LogP contribution >= 0.6 is 15.9 Å². The second-order valence-electron chi connectivity index (χ2n) is 4.14. The van der Waals surface area contributed by atoms with Gasteiger partial charge in [0.25, 0.3) is 0 Å². The summed E-state index contributed by atoms with van der Waals surface area (Å²) in [7, 11) is 0. The number of hydrogen-bond donors (Lipinski definition) is 2. The Bertz CT molecular complexity index is 763. The first-order valence-corrected chi connectivity index (χ1v) is 6.70. The van der Waals surface area contributed by atoms with Gasteiger partial charge in [-0.25, -0.2) is 15.8 Å². The van der Waals surface area contributed by atoms with Crippen LogP contribution in [0.25, 0.3) is 10.8 Å². The lowest BCUT2D eigenvalue weighted by Gasteiger charge is -2.07. The molecule has 0 spiro atoms. The Morgan fingerprint density at radius 1 is 1.00 bits per heavy atom.